The highest BCUT2D eigenvalue weighted by molar-refractivity contribution is 5.84. The smallest absolute Gasteiger partial charge is 0.223 e. The molecule has 8 nitrogen and oxygen atoms in total. The summed E-state index contributed by atoms with van der Waals surface area (Å²) in [7, 11) is 0. The summed E-state index contributed by atoms with van der Waals surface area (Å²) in [6, 6.07) is 6.06. The van der Waals surface area contributed by atoms with E-state index in [9.17, 15) is 4.79 Å². The Hall–Kier alpha value is -3.00. The first kappa shape index (κ1) is 18.6. The SMILES string of the molecule is CC(Oc1ccc2ncc3c(c2c1)CCOC3)c1cn(C23CN4C(=O)CCC4(C2)C3)nn1. The maximum Gasteiger partial charge on any atom is 0.223 e. The van der Waals surface area contributed by atoms with E-state index in [0.29, 0.717) is 18.9 Å². The van der Waals surface area contributed by atoms with Crippen LogP contribution in [-0.4, -0.2) is 49.5 Å². The summed E-state index contributed by atoms with van der Waals surface area (Å²) < 4.78 is 13.8. The topological polar surface area (TPSA) is 82.4 Å². The van der Waals surface area contributed by atoms with E-state index >= 15 is 0 Å². The highest BCUT2D eigenvalue weighted by atomic mass is 16.5. The van der Waals surface area contributed by atoms with Crippen LogP contribution >= 0.6 is 0 Å². The third kappa shape index (κ3) is 2.47. The summed E-state index contributed by atoms with van der Waals surface area (Å²) in [6.07, 6.45) is 8.26. The van der Waals surface area contributed by atoms with E-state index in [-0.39, 0.29) is 17.2 Å². The average Bonchev–Trinajstić information content (AvgIpc) is 3.53. The van der Waals surface area contributed by atoms with Gasteiger partial charge in [0, 0.05) is 30.1 Å². The van der Waals surface area contributed by atoms with Crippen LogP contribution in [-0.2, 0) is 28.1 Å². The average molecular weight is 431 g/mol. The lowest BCUT2D eigenvalue weighted by molar-refractivity contribution is -0.128. The zero-order chi connectivity index (χ0) is 21.5. The second-order valence-corrected chi connectivity index (χ2v) is 9.87. The quantitative estimate of drug-likeness (QED) is 0.632. The van der Waals surface area contributed by atoms with E-state index in [1.165, 1.54) is 5.56 Å². The fourth-order valence-corrected chi connectivity index (χ4v) is 6.39. The van der Waals surface area contributed by atoms with Gasteiger partial charge in [-0.3, -0.25) is 9.78 Å². The van der Waals surface area contributed by atoms with Gasteiger partial charge < -0.3 is 14.4 Å². The van der Waals surface area contributed by atoms with Crippen LogP contribution < -0.4 is 4.74 Å². The van der Waals surface area contributed by atoms with E-state index in [2.05, 4.69) is 26.3 Å². The molecule has 1 spiro atoms. The van der Waals surface area contributed by atoms with Crippen molar-refractivity contribution in [3.05, 3.63) is 47.4 Å². The maximum absolute atomic E-state index is 12.2. The highest BCUT2D eigenvalue weighted by Gasteiger charge is 2.70. The molecule has 1 atom stereocenters. The molecular formula is C24H25N5O3. The zero-order valence-electron chi connectivity index (χ0n) is 18.1. The van der Waals surface area contributed by atoms with Crippen LogP contribution in [0.2, 0.25) is 0 Å². The summed E-state index contributed by atoms with van der Waals surface area (Å²) in [5.41, 5.74) is 4.25. The van der Waals surface area contributed by atoms with Crippen molar-refractivity contribution < 1.29 is 14.3 Å². The zero-order valence-corrected chi connectivity index (χ0v) is 18.1. The molecule has 1 aliphatic carbocycles. The fraction of sp³-hybridized carbons (Fsp3) is 0.500. The number of fused-ring (bicyclic) bond motifs is 3. The number of aromatic nitrogens is 4. The molecule has 2 aromatic heterocycles. The number of hydrogen-bond donors (Lipinski definition) is 0. The Labute approximate surface area is 185 Å². The summed E-state index contributed by atoms with van der Waals surface area (Å²) >= 11 is 0. The summed E-state index contributed by atoms with van der Waals surface area (Å²) in [4.78, 5) is 18.9. The van der Waals surface area contributed by atoms with Crippen LogP contribution in [0, 0.1) is 0 Å². The minimum Gasteiger partial charge on any atom is -0.484 e. The molecule has 1 saturated carbocycles. The Morgan fingerprint density at radius 1 is 1.22 bits per heavy atom. The van der Waals surface area contributed by atoms with Crippen LogP contribution in [0.25, 0.3) is 10.9 Å². The minimum absolute atomic E-state index is 0.0865. The molecule has 1 aromatic carbocycles. The van der Waals surface area contributed by atoms with Gasteiger partial charge in [-0.1, -0.05) is 5.21 Å². The number of nitrogens with zero attached hydrogens (tertiary/aromatic N) is 5. The highest BCUT2D eigenvalue weighted by Crippen LogP contribution is 2.62. The van der Waals surface area contributed by atoms with Crippen LogP contribution in [0.4, 0.5) is 0 Å². The first-order valence-corrected chi connectivity index (χ1v) is 11.4. The Balaban J connectivity index is 1.13. The number of ether oxygens (including phenoxy) is 2. The van der Waals surface area contributed by atoms with Crippen molar-refractivity contribution in [2.24, 2.45) is 0 Å². The van der Waals surface area contributed by atoms with Gasteiger partial charge in [0.25, 0.3) is 0 Å². The Morgan fingerprint density at radius 2 is 2.12 bits per heavy atom. The summed E-state index contributed by atoms with van der Waals surface area (Å²) in [5, 5.41) is 10.0. The Morgan fingerprint density at radius 3 is 3.00 bits per heavy atom. The second-order valence-electron chi connectivity index (χ2n) is 9.87. The van der Waals surface area contributed by atoms with Gasteiger partial charge >= 0.3 is 0 Å². The second kappa shape index (κ2) is 6.28. The van der Waals surface area contributed by atoms with Crippen molar-refractivity contribution in [2.75, 3.05) is 13.2 Å². The monoisotopic (exact) mass is 431 g/mol. The van der Waals surface area contributed by atoms with Gasteiger partial charge in [0.2, 0.25) is 5.91 Å². The third-order valence-corrected chi connectivity index (χ3v) is 7.97. The maximum atomic E-state index is 12.2. The van der Waals surface area contributed by atoms with Crippen LogP contribution in [0.3, 0.4) is 0 Å². The summed E-state index contributed by atoms with van der Waals surface area (Å²) in [6.45, 7) is 4.12. The number of hydrogen-bond acceptors (Lipinski definition) is 6. The van der Waals surface area contributed by atoms with E-state index in [0.717, 1.165) is 66.7 Å². The van der Waals surface area contributed by atoms with E-state index < -0.39 is 0 Å². The van der Waals surface area contributed by atoms with Crippen LogP contribution in [0.15, 0.2) is 30.6 Å². The van der Waals surface area contributed by atoms with Crippen molar-refractivity contribution in [2.45, 2.75) is 62.8 Å². The number of carbonyl (C=O) groups excluding carboxylic acids is 1. The lowest BCUT2D eigenvalue weighted by atomic mass is 9.66. The molecule has 3 aromatic rings. The van der Waals surface area contributed by atoms with Gasteiger partial charge in [-0.25, -0.2) is 4.68 Å². The van der Waals surface area contributed by atoms with Crippen molar-refractivity contribution in [1.29, 1.82) is 0 Å². The number of pyridine rings is 1. The molecule has 1 unspecified atom stereocenters. The van der Waals surface area contributed by atoms with E-state index in [1.54, 1.807) is 0 Å². The first-order chi connectivity index (χ1) is 15.6. The molecule has 4 aliphatic heterocycles. The van der Waals surface area contributed by atoms with Crippen molar-refractivity contribution in [3.63, 3.8) is 0 Å². The van der Waals surface area contributed by atoms with E-state index in [4.69, 9.17) is 9.47 Å². The number of carbonyl (C=O) groups is 1. The molecule has 32 heavy (non-hydrogen) atoms. The van der Waals surface area contributed by atoms with E-state index in [1.807, 2.05) is 36.1 Å². The molecule has 0 radical (unpaired) electrons. The van der Waals surface area contributed by atoms with Gasteiger partial charge in [-0.05, 0) is 61.9 Å². The first-order valence-electron chi connectivity index (χ1n) is 11.4. The molecule has 2 bridgehead atoms. The largest absolute Gasteiger partial charge is 0.484 e. The number of rotatable bonds is 4. The van der Waals surface area contributed by atoms with Gasteiger partial charge in [-0.15, -0.1) is 5.10 Å². The van der Waals surface area contributed by atoms with Crippen LogP contribution in [0.5, 0.6) is 5.75 Å². The molecule has 0 N–H and O–H groups in total. The van der Waals surface area contributed by atoms with Gasteiger partial charge in [-0.2, -0.15) is 0 Å². The Bertz CT molecular complexity index is 1260. The molecule has 164 valence electrons. The van der Waals surface area contributed by atoms with Gasteiger partial charge in [0.05, 0.1) is 30.5 Å². The lowest BCUT2D eigenvalue weighted by Crippen LogP contribution is -2.51. The molecule has 8 rings (SSSR count). The van der Waals surface area contributed by atoms with Crippen molar-refractivity contribution in [3.8, 4) is 5.75 Å². The Kier molecular flexibility index (Phi) is 3.64. The lowest BCUT2D eigenvalue weighted by Gasteiger charge is -2.44. The predicted octanol–water partition coefficient (Wildman–Crippen LogP) is 2.90. The third-order valence-electron chi connectivity index (χ3n) is 7.97. The van der Waals surface area contributed by atoms with Crippen molar-refractivity contribution in [1.82, 2.24) is 24.9 Å². The molecule has 6 heterocycles. The van der Waals surface area contributed by atoms with Gasteiger partial charge in [0.1, 0.15) is 17.5 Å². The molecular weight excluding hydrogens is 406 g/mol. The molecule has 8 heteroatoms. The fourth-order valence-electron chi connectivity index (χ4n) is 6.39. The van der Waals surface area contributed by atoms with Gasteiger partial charge in [0.15, 0.2) is 0 Å². The van der Waals surface area contributed by atoms with Crippen molar-refractivity contribution >= 4 is 16.8 Å². The summed E-state index contributed by atoms with van der Waals surface area (Å²) in [5.74, 6) is 1.09. The normalized spacial score (nSPS) is 29.0. The molecule has 5 aliphatic rings. The number of benzene rings is 1. The minimum atomic E-state index is -0.231. The number of amides is 1. The standard InChI is InChI=1S/C24H25N5O3/c1-15(32-17-2-3-20-19(8-17)18-5-7-31-11-16(18)9-25-20)21-10-29(27-26-21)24-12-23(13-24)6-4-22(30)28(23)14-24/h2-3,8-10,15H,4-7,11-14H2,1H3. The molecule has 4 fully saturated rings. The molecule has 1 amide bonds. The van der Waals surface area contributed by atoms with Crippen LogP contribution in [0.1, 0.15) is 55.5 Å². The predicted molar refractivity (Wildman–Crippen MR) is 115 cm³/mol. The molecule has 3 saturated heterocycles.